The van der Waals surface area contributed by atoms with E-state index in [1.165, 1.54) is 0 Å². The molecule has 0 atom stereocenters. The summed E-state index contributed by atoms with van der Waals surface area (Å²) in [5.74, 6) is -1.04. The number of nitrogen functional groups attached to an aromatic ring is 1. The molecule has 0 bridgehead atoms. The Labute approximate surface area is 66.2 Å². The molecule has 0 fully saturated rings. The Hall–Kier alpha value is -1.20. The molecule has 1 rings (SSSR count). The van der Waals surface area contributed by atoms with Crippen molar-refractivity contribution in [1.82, 2.24) is 0 Å². The molecule has 0 saturated carbocycles. The predicted octanol–water partition coefficient (Wildman–Crippen LogP) is 1.46. The van der Waals surface area contributed by atoms with Gasteiger partial charge in [0.25, 0.3) is 0 Å². The number of para-hydroxylation sites is 1. The maximum Gasteiger partial charge on any atom is 0.511 e. The van der Waals surface area contributed by atoms with Gasteiger partial charge in [-0.3, -0.25) is 0 Å². The Morgan fingerprint density at radius 2 is 1.75 bits per heavy atom. The number of rotatable bonds is 1. The van der Waals surface area contributed by atoms with Gasteiger partial charge in [0, 0.05) is 5.69 Å². The van der Waals surface area contributed by atoms with Crippen molar-refractivity contribution in [3.05, 3.63) is 24.0 Å². The van der Waals surface area contributed by atoms with Crippen molar-refractivity contribution in [2.75, 3.05) is 5.73 Å². The molecule has 0 radical (unpaired) electrons. The molecule has 12 heavy (non-hydrogen) atoms. The van der Waals surface area contributed by atoms with E-state index in [1.807, 2.05) is 0 Å². The van der Waals surface area contributed by atoms with Crippen LogP contribution < -0.4 is 11.2 Å². The SMILES string of the molecule is Nc1c(F)cccc1[B-](F)(F)F. The molecule has 0 unspecified atom stereocenters. The van der Waals surface area contributed by atoms with Gasteiger partial charge >= 0.3 is 6.98 Å². The van der Waals surface area contributed by atoms with Gasteiger partial charge in [-0.2, -0.15) is 0 Å². The molecule has 0 heterocycles. The van der Waals surface area contributed by atoms with Crippen molar-refractivity contribution < 1.29 is 17.3 Å². The second-order valence-corrected chi connectivity index (χ2v) is 2.32. The van der Waals surface area contributed by atoms with Crippen LogP contribution in [0.4, 0.5) is 23.0 Å². The lowest BCUT2D eigenvalue weighted by Gasteiger charge is -2.17. The summed E-state index contributed by atoms with van der Waals surface area (Å²) in [5.41, 5.74) is 2.99. The lowest BCUT2D eigenvalue weighted by atomic mass is 9.79. The average Bonchev–Trinajstić information content (AvgIpc) is 1.92. The van der Waals surface area contributed by atoms with Crippen molar-refractivity contribution in [3.8, 4) is 0 Å². The predicted molar refractivity (Wildman–Crippen MR) is 39.5 cm³/mol. The largest absolute Gasteiger partial charge is 0.511 e. The normalized spacial score (nSPS) is 11.7. The molecule has 66 valence electrons. The van der Waals surface area contributed by atoms with E-state index in [0.717, 1.165) is 18.2 Å². The summed E-state index contributed by atoms with van der Waals surface area (Å²) in [4.78, 5) is 0. The monoisotopic (exact) mass is 178 g/mol. The molecule has 1 nitrogen and oxygen atoms in total. The summed E-state index contributed by atoms with van der Waals surface area (Å²) >= 11 is 0. The minimum Gasteiger partial charge on any atom is -0.445 e. The highest BCUT2D eigenvalue weighted by Crippen LogP contribution is 2.15. The van der Waals surface area contributed by atoms with Gasteiger partial charge in [0.05, 0.1) is 0 Å². The van der Waals surface area contributed by atoms with Gasteiger partial charge in [-0.1, -0.05) is 17.6 Å². The van der Waals surface area contributed by atoms with Crippen LogP contribution in [0.3, 0.4) is 0 Å². The number of anilines is 1. The van der Waals surface area contributed by atoms with Crippen molar-refractivity contribution in [1.29, 1.82) is 0 Å². The van der Waals surface area contributed by atoms with Crippen molar-refractivity contribution in [2.24, 2.45) is 0 Å². The lowest BCUT2D eigenvalue weighted by Crippen LogP contribution is -2.36. The van der Waals surface area contributed by atoms with E-state index in [0.29, 0.717) is 0 Å². The lowest BCUT2D eigenvalue weighted by molar-refractivity contribution is 0.500. The van der Waals surface area contributed by atoms with Crippen LogP contribution in [0, 0.1) is 5.82 Å². The first-order valence-electron chi connectivity index (χ1n) is 3.17. The van der Waals surface area contributed by atoms with Gasteiger partial charge in [-0.25, -0.2) is 4.39 Å². The molecule has 0 aliphatic heterocycles. The molecular weight excluding hydrogens is 173 g/mol. The molecule has 0 saturated heterocycles. The van der Waals surface area contributed by atoms with E-state index in [2.05, 4.69) is 0 Å². The van der Waals surface area contributed by atoms with Gasteiger partial charge in [0.2, 0.25) is 0 Å². The summed E-state index contributed by atoms with van der Waals surface area (Å²) in [6.45, 7) is -5.21. The zero-order valence-electron chi connectivity index (χ0n) is 5.90. The molecule has 0 aliphatic carbocycles. The van der Waals surface area contributed by atoms with Gasteiger partial charge in [0.1, 0.15) is 5.82 Å². The summed E-state index contributed by atoms with van der Waals surface area (Å²) in [5, 5.41) is 0. The molecule has 0 spiro atoms. The minimum absolute atomic E-state index is 0.762. The Balaban J connectivity index is 3.26. The van der Waals surface area contributed by atoms with Crippen molar-refractivity contribution >= 4 is 18.1 Å². The highest BCUT2D eigenvalue weighted by molar-refractivity contribution is 6.75. The maximum atomic E-state index is 12.5. The topological polar surface area (TPSA) is 26.0 Å². The zero-order valence-corrected chi connectivity index (χ0v) is 5.90. The standard InChI is InChI=1S/C6H5BF4N/c8-5-3-1-2-4(6(5)12)7(9,10)11/h1-3H,12H2/q-1. The van der Waals surface area contributed by atoms with Crippen LogP contribution in [0.2, 0.25) is 0 Å². The first kappa shape index (κ1) is 8.90. The number of hydrogen-bond acceptors (Lipinski definition) is 1. The molecular formula is C6H5BF4N-. The maximum absolute atomic E-state index is 12.5. The third-order valence-corrected chi connectivity index (χ3v) is 1.44. The van der Waals surface area contributed by atoms with E-state index in [4.69, 9.17) is 5.73 Å². The van der Waals surface area contributed by atoms with Crippen LogP contribution >= 0.6 is 0 Å². The Morgan fingerprint density at radius 1 is 1.17 bits per heavy atom. The van der Waals surface area contributed by atoms with Crippen LogP contribution in [-0.4, -0.2) is 6.98 Å². The van der Waals surface area contributed by atoms with Crippen molar-refractivity contribution in [3.63, 3.8) is 0 Å². The average molecular weight is 178 g/mol. The third-order valence-electron chi connectivity index (χ3n) is 1.44. The summed E-state index contributed by atoms with van der Waals surface area (Å²) in [7, 11) is 0. The molecule has 1 aromatic rings. The van der Waals surface area contributed by atoms with Crippen LogP contribution in [0.15, 0.2) is 18.2 Å². The van der Waals surface area contributed by atoms with Crippen LogP contribution in [0.5, 0.6) is 0 Å². The Morgan fingerprint density at radius 3 is 2.17 bits per heavy atom. The minimum atomic E-state index is -5.21. The van der Waals surface area contributed by atoms with Gasteiger partial charge < -0.3 is 18.7 Å². The second-order valence-electron chi connectivity index (χ2n) is 2.32. The van der Waals surface area contributed by atoms with Crippen LogP contribution in [-0.2, 0) is 0 Å². The van der Waals surface area contributed by atoms with E-state index in [-0.39, 0.29) is 0 Å². The Bertz CT molecular complexity index is 296. The van der Waals surface area contributed by atoms with E-state index in [9.17, 15) is 17.3 Å². The third kappa shape index (κ3) is 1.52. The van der Waals surface area contributed by atoms with Crippen LogP contribution in [0.1, 0.15) is 0 Å². The number of nitrogens with two attached hydrogens (primary N) is 1. The highest BCUT2D eigenvalue weighted by atomic mass is 19.4. The fraction of sp³-hybridized carbons (Fsp3) is 0. The smallest absolute Gasteiger partial charge is 0.445 e. The number of halogens is 4. The first-order chi connectivity index (χ1) is 5.43. The van der Waals surface area contributed by atoms with Crippen molar-refractivity contribution in [2.45, 2.75) is 0 Å². The van der Waals surface area contributed by atoms with Gasteiger partial charge in [0.15, 0.2) is 0 Å². The van der Waals surface area contributed by atoms with E-state index < -0.39 is 23.9 Å². The van der Waals surface area contributed by atoms with E-state index >= 15 is 0 Å². The first-order valence-corrected chi connectivity index (χ1v) is 3.17. The molecule has 0 amide bonds. The van der Waals surface area contributed by atoms with Gasteiger partial charge in [-0.15, -0.1) is 0 Å². The van der Waals surface area contributed by atoms with Crippen LogP contribution in [0.25, 0.3) is 0 Å². The summed E-state index contributed by atoms with van der Waals surface area (Å²) < 4.78 is 48.6. The summed E-state index contributed by atoms with van der Waals surface area (Å²) in [6.07, 6.45) is 0. The summed E-state index contributed by atoms with van der Waals surface area (Å²) in [6, 6.07) is 2.63. The highest BCUT2D eigenvalue weighted by Gasteiger charge is 2.28. The molecule has 6 heteroatoms. The molecule has 0 aliphatic rings. The molecule has 2 N–H and O–H groups in total. The van der Waals surface area contributed by atoms with E-state index in [1.54, 1.807) is 0 Å². The van der Waals surface area contributed by atoms with Gasteiger partial charge in [-0.05, 0) is 6.07 Å². The Kier molecular flexibility index (Phi) is 2.00. The molecule has 1 aromatic carbocycles. The fourth-order valence-corrected chi connectivity index (χ4v) is 0.839. The quantitative estimate of drug-likeness (QED) is 0.393. The molecule has 0 aromatic heterocycles. The number of benzene rings is 1. The second kappa shape index (κ2) is 2.69. The fourth-order valence-electron chi connectivity index (χ4n) is 0.839. The number of hydrogen-bond donors (Lipinski definition) is 1. The zero-order chi connectivity index (χ0) is 9.35.